The van der Waals surface area contributed by atoms with Gasteiger partial charge in [-0.05, 0) is 12.1 Å². The zero-order chi connectivity index (χ0) is 14.4. The smallest absolute Gasteiger partial charge is 0.252 e. The fraction of sp³-hybridized carbons (Fsp3) is 0.267. The van der Waals surface area contributed by atoms with Gasteiger partial charge in [0.2, 0.25) is 0 Å². The fourth-order valence-electron chi connectivity index (χ4n) is 1.95. The molecular weight excluding hydrogens is 252 g/mol. The van der Waals surface area contributed by atoms with Gasteiger partial charge in [0, 0.05) is 24.7 Å². The van der Waals surface area contributed by atoms with E-state index in [1.807, 2.05) is 42.2 Å². The summed E-state index contributed by atoms with van der Waals surface area (Å²) >= 11 is 0. The molecule has 1 aromatic carbocycles. The Bertz CT molecular complexity index is 658. The maximum Gasteiger partial charge on any atom is 0.252 e. The van der Waals surface area contributed by atoms with Crippen LogP contribution in [0.15, 0.2) is 41.2 Å². The second kappa shape index (κ2) is 6.53. The molecule has 0 radical (unpaired) electrons. The first-order valence-corrected chi connectivity index (χ1v) is 6.54. The van der Waals surface area contributed by atoms with E-state index in [9.17, 15) is 4.79 Å². The topological polar surface area (TPSA) is 72.8 Å². The molecule has 0 unspecified atom stereocenters. The number of hydrogen-bond acceptors (Lipinski definition) is 4. The van der Waals surface area contributed by atoms with E-state index in [0.717, 1.165) is 5.69 Å². The number of nitrogens with one attached hydrogen (secondary N) is 1. The summed E-state index contributed by atoms with van der Waals surface area (Å²) in [6.45, 7) is 2.43. The second-order valence-corrected chi connectivity index (χ2v) is 4.30. The Balaban J connectivity index is 2.44. The molecule has 1 heterocycles. The molecule has 0 fully saturated rings. The minimum atomic E-state index is -0.176. The van der Waals surface area contributed by atoms with Crippen molar-refractivity contribution in [2.45, 2.75) is 19.8 Å². The van der Waals surface area contributed by atoms with Crippen molar-refractivity contribution in [2.75, 3.05) is 11.4 Å². The zero-order valence-corrected chi connectivity index (χ0v) is 11.3. The van der Waals surface area contributed by atoms with Crippen LogP contribution in [0.4, 0.5) is 11.5 Å². The Labute approximate surface area is 117 Å². The number of rotatable bonds is 5. The lowest BCUT2D eigenvalue weighted by molar-refractivity contribution is 0.870. The van der Waals surface area contributed by atoms with Crippen molar-refractivity contribution in [1.82, 2.24) is 9.97 Å². The molecule has 0 saturated carbocycles. The predicted molar refractivity (Wildman–Crippen MR) is 77.9 cm³/mol. The molecule has 1 N–H and O–H groups in total. The summed E-state index contributed by atoms with van der Waals surface area (Å²) in [6, 6.07) is 13.2. The Hall–Kier alpha value is -2.61. The highest BCUT2D eigenvalue weighted by Crippen LogP contribution is 2.22. The highest BCUT2D eigenvalue weighted by Gasteiger charge is 2.11. The molecule has 2 rings (SSSR count). The summed E-state index contributed by atoms with van der Waals surface area (Å²) in [5, 5.41) is 8.80. The molecular formula is C15H16N4O. The first-order chi connectivity index (χ1) is 9.74. The van der Waals surface area contributed by atoms with Gasteiger partial charge in [-0.2, -0.15) is 5.26 Å². The van der Waals surface area contributed by atoms with Crippen LogP contribution >= 0.6 is 0 Å². The molecule has 0 aliphatic heterocycles. The average molecular weight is 268 g/mol. The molecule has 0 bridgehead atoms. The van der Waals surface area contributed by atoms with Gasteiger partial charge in [-0.25, -0.2) is 4.98 Å². The molecule has 0 atom stereocenters. The van der Waals surface area contributed by atoms with Crippen LogP contribution in [0.3, 0.4) is 0 Å². The first kappa shape index (κ1) is 13.8. The van der Waals surface area contributed by atoms with Crippen LogP contribution in [0, 0.1) is 11.3 Å². The lowest BCUT2D eigenvalue weighted by Gasteiger charge is -2.22. The maximum absolute atomic E-state index is 11.7. The fourth-order valence-corrected chi connectivity index (χ4v) is 1.95. The van der Waals surface area contributed by atoms with Crippen LogP contribution in [0.25, 0.3) is 0 Å². The molecule has 5 heteroatoms. The third kappa shape index (κ3) is 3.23. The van der Waals surface area contributed by atoms with Crippen molar-refractivity contribution < 1.29 is 0 Å². The van der Waals surface area contributed by atoms with Crippen molar-refractivity contribution >= 4 is 11.5 Å². The van der Waals surface area contributed by atoms with Crippen molar-refractivity contribution in [3.8, 4) is 6.07 Å². The van der Waals surface area contributed by atoms with Gasteiger partial charge in [0.25, 0.3) is 5.56 Å². The van der Waals surface area contributed by atoms with Crippen molar-refractivity contribution in [2.24, 2.45) is 0 Å². The summed E-state index contributed by atoms with van der Waals surface area (Å²) in [5.74, 6) is 1.22. The number of benzene rings is 1. The first-order valence-electron chi connectivity index (χ1n) is 6.54. The Morgan fingerprint density at radius 1 is 1.35 bits per heavy atom. The van der Waals surface area contributed by atoms with Crippen molar-refractivity contribution in [3.63, 3.8) is 0 Å². The Kier molecular flexibility index (Phi) is 4.51. The van der Waals surface area contributed by atoms with Gasteiger partial charge in [0.05, 0.1) is 12.5 Å². The van der Waals surface area contributed by atoms with E-state index in [1.54, 1.807) is 0 Å². The number of aromatic amines is 1. The van der Waals surface area contributed by atoms with Crippen LogP contribution in [0.5, 0.6) is 0 Å². The predicted octanol–water partition coefficient (Wildman–Crippen LogP) is 2.38. The molecule has 0 saturated heterocycles. The number of aromatic nitrogens is 2. The molecule has 2 aromatic rings. The van der Waals surface area contributed by atoms with Crippen LogP contribution in [-0.4, -0.2) is 16.5 Å². The van der Waals surface area contributed by atoms with Crippen LogP contribution in [-0.2, 0) is 6.42 Å². The number of hydrogen-bond donors (Lipinski definition) is 1. The number of para-hydroxylation sites is 1. The number of anilines is 2. The van der Waals surface area contributed by atoms with E-state index in [2.05, 4.69) is 16.0 Å². The van der Waals surface area contributed by atoms with Gasteiger partial charge in [-0.3, -0.25) is 4.79 Å². The van der Waals surface area contributed by atoms with E-state index >= 15 is 0 Å². The molecule has 0 spiro atoms. The SMILES string of the molecule is CCc1nc(N(CCC#N)c2ccccc2)cc(=O)[nH]1. The third-order valence-electron chi connectivity index (χ3n) is 2.90. The highest BCUT2D eigenvalue weighted by molar-refractivity contribution is 5.59. The van der Waals surface area contributed by atoms with E-state index < -0.39 is 0 Å². The quantitative estimate of drug-likeness (QED) is 0.903. The van der Waals surface area contributed by atoms with Gasteiger partial charge >= 0.3 is 0 Å². The normalized spacial score (nSPS) is 10.0. The van der Waals surface area contributed by atoms with Gasteiger partial charge < -0.3 is 9.88 Å². The monoisotopic (exact) mass is 268 g/mol. The average Bonchev–Trinajstić information content (AvgIpc) is 2.48. The largest absolute Gasteiger partial charge is 0.325 e. The summed E-state index contributed by atoms with van der Waals surface area (Å²) in [7, 11) is 0. The molecule has 5 nitrogen and oxygen atoms in total. The molecule has 20 heavy (non-hydrogen) atoms. The second-order valence-electron chi connectivity index (χ2n) is 4.30. The lowest BCUT2D eigenvalue weighted by atomic mass is 10.2. The van der Waals surface area contributed by atoms with Crippen molar-refractivity contribution in [3.05, 3.63) is 52.6 Å². The standard InChI is InChI=1S/C15H16N4O/c1-2-13-17-14(11-15(20)18-13)19(10-6-9-16)12-7-4-3-5-8-12/h3-5,7-8,11H,2,6,10H2,1H3,(H,17,18,20). The van der Waals surface area contributed by atoms with E-state index in [-0.39, 0.29) is 5.56 Å². The van der Waals surface area contributed by atoms with E-state index in [1.165, 1.54) is 6.07 Å². The molecule has 0 amide bonds. The van der Waals surface area contributed by atoms with E-state index in [4.69, 9.17) is 5.26 Å². The number of nitrogens with zero attached hydrogens (tertiary/aromatic N) is 3. The highest BCUT2D eigenvalue weighted by atomic mass is 16.1. The van der Waals surface area contributed by atoms with Gasteiger partial charge in [-0.1, -0.05) is 25.1 Å². The zero-order valence-electron chi connectivity index (χ0n) is 11.3. The molecule has 1 aromatic heterocycles. The van der Waals surface area contributed by atoms with Crippen molar-refractivity contribution in [1.29, 1.82) is 5.26 Å². The van der Waals surface area contributed by atoms with Gasteiger partial charge in [-0.15, -0.1) is 0 Å². The molecule has 102 valence electrons. The van der Waals surface area contributed by atoms with Gasteiger partial charge in [0.15, 0.2) is 0 Å². The number of nitriles is 1. The van der Waals surface area contributed by atoms with Crippen LogP contribution in [0.1, 0.15) is 19.2 Å². The third-order valence-corrected chi connectivity index (χ3v) is 2.90. The summed E-state index contributed by atoms with van der Waals surface area (Å²) < 4.78 is 0. The Morgan fingerprint density at radius 2 is 2.10 bits per heavy atom. The lowest BCUT2D eigenvalue weighted by Crippen LogP contribution is -2.23. The van der Waals surface area contributed by atoms with Crippen LogP contribution in [0.2, 0.25) is 0 Å². The summed E-state index contributed by atoms with van der Waals surface area (Å²) in [6.07, 6.45) is 1.02. The minimum absolute atomic E-state index is 0.176. The minimum Gasteiger partial charge on any atom is -0.325 e. The number of H-pyrrole nitrogens is 1. The molecule has 0 aliphatic rings. The van der Waals surface area contributed by atoms with Crippen LogP contribution < -0.4 is 10.5 Å². The van der Waals surface area contributed by atoms with Gasteiger partial charge in [0.1, 0.15) is 11.6 Å². The summed E-state index contributed by atoms with van der Waals surface area (Å²) in [4.78, 5) is 20.7. The summed E-state index contributed by atoms with van der Waals surface area (Å²) in [5.41, 5.74) is 0.743. The number of aryl methyl sites for hydroxylation is 1. The maximum atomic E-state index is 11.7. The Morgan fingerprint density at radius 3 is 2.75 bits per heavy atom. The van der Waals surface area contributed by atoms with E-state index in [0.29, 0.717) is 31.0 Å². The molecule has 0 aliphatic carbocycles.